The number of nitrogen functional groups attached to an aromatic ring is 2. The van der Waals surface area contributed by atoms with Gasteiger partial charge in [0.25, 0.3) is 0 Å². The molecule has 0 saturated carbocycles. The normalized spacial score (nSPS) is 14.7. The van der Waals surface area contributed by atoms with Crippen LogP contribution in [0, 0.1) is 22.8 Å². The number of guanidine groups is 1. The zero-order valence-corrected chi connectivity index (χ0v) is 15.4. The number of phenols is 1. The third-order valence-corrected chi connectivity index (χ3v) is 4.50. The highest BCUT2D eigenvalue weighted by molar-refractivity contribution is 6.17. The van der Waals surface area contributed by atoms with Gasteiger partial charge in [-0.05, 0) is 17.7 Å². The summed E-state index contributed by atoms with van der Waals surface area (Å²) >= 11 is 5.93. The molecule has 2 heterocycles. The fraction of sp³-hybridized carbons (Fsp3) is 0.176. The highest BCUT2D eigenvalue weighted by atomic mass is 35.5. The molecule has 0 bridgehead atoms. The van der Waals surface area contributed by atoms with Crippen molar-refractivity contribution in [2.45, 2.75) is 11.9 Å². The number of benzene rings is 1. The summed E-state index contributed by atoms with van der Waals surface area (Å²) < 4.78 is 5.22. The second-order valence-corrected chi connectivity index (χ2v) is 6.03. The molecule has 10 nitrogen and oxygen atoms in total. The Hall–Kier alpha value is -3.89. The first-order chi connectivity index (χ1) is 13.4. The standard InChI is InChI=1S/C17H15ClN8O2/c1-28-10-3-7(2-8(4-18)14(10)27)13-11-12(21)9(5-19)15(22)25-16(11)26-17(24-13)23-6-20/h2-3,13,27H,4H2,1H3,(H6,21,22,23,24,25,26). The van der Waals surface area contributed by atoms with Crippen LogP contribution in [0.4, 0.5) is 17.3 Å². The average Bonchev–Trinajstić information content (AvgIpc) is 2.68. The predicted molar refractivity (Wildman–Crippen MR) is 104 cm³/mol. The Kier molecular flexibility index (Phi) is 4.98. The number of hydrogen-bond acceptors (Lipinski definition) is 10. The van der Waals surface area contributed by atoms with Crippen molar-refractivity contribution in [3.63, 3.8) is 0 Å². The highest BCUT2D eigenvalue weighted by Gasteiger charge is 2.30. The van der Waals surface area contributed by atoms with Crippen LogP contribution in [0.2, 0.25) is 0 Å². The van der Waals surface area contributed by atoms with Gasteiger partial charge in [0.15, 0.2) is 17.7 Å². The Morgan fingerprint density at radius 2 is 2.14 bits per heavy atom. The molecular weight excluding hydrogens is 384 g/mol. The maximum Gasteiger partial charge on any atom is 0.211 e. The minimum absolute atomic E-state index is 0.0276. The van der Waals surface area contributed by atoms with Crippen molar-refractivity contribution in [3.8, 4) is 23.8 Å². The molecule has 1 atom stereocenters. The average molecular weight is 399 g/mol. The van der Waals surface area contributed by atoms with E-state index in [1.165, 1.54) is 7.11 Å². The van der Waals surface area contributed by atoms with E-state index in [1.54, 1.807) is 18.3 Å². The molecule has 0 amide bonds. The van der Waals surface area contributed by atoms with Crippen molar-refractivity contribution in [2.75, 3.05) is 23.9 Å². The van der Waals surface area contributed by atoms with Crippen LogP contribution in [-0.4, -0.2) is 23.2 Å². The van der Waals surface area contributed by atoms with Crippen LogP contribution in [0.25, 0.3) is 0 Å². The third-order valence-electron chi connectivity index (χ3n) is 4.21. The first-order valence-corrected chi connectivity index (χ1v) is 8.43. The van der Waals surface area contributed by atoms with Gasteiger partial charge in [-0.1, -0.05) is 0 Å². The van der Waals surface area contributed by atoms with E-state index < -0.39 is 6.04 Å². The smallest absolute Gasteiger partial charge is 0.211 e. The van der Waals surface area contributed by atoms with Gasteiger partial charge in [0.1, 0.15) is 29.3 Å². The van der Waals surface area contributed by atoms with Gasteiger partial charge in [0.05, 0.1) is 18.7 Å². The molecule has 0 radical (unpaired) electrons. The van der Waals surface area contributed by atoms with E-state index >= 15 is 0 Å². The number of fused-ring (bicyclic) bond motifs is 1. The first-order valence-electron chi connectivity index (χ1n) is 7.89. The van der Waals surface area contributed by atoms with Gasteiger partial charge >= 0.3 is 0 Å². The molecule has 3 rings (SSSR count). The number of aromatic nitrogens is 1. The number of phenolic OH excluding ortho intramolecular Hbond substituents is 1. The summed E-state index contributed by atoms with van der Waals surface area (Å²) in [5.41, 5.74) is 13.5. The van der Waals surface area contributed by atoms with Crippen molar-refractivity contribution in [2.24, 2.45) is 4.99 Å². The van der Waals surface area contributed by atoms with E-state index in [4.69, 9.17) is 33.1 Å². The number of nitrogens with zero attached hydrogens (tertiary/aromatic N) is 4. The minimum Gasteiger partial charge on any atom is -0.504 e. The second kappa shape index (κ2) is 7.39. The van der Waals surface area contributed by atoms with Gasteiger partial charge in [0, 0.05) is 11.1 Å². The molecule has 28 heavy (non-hydrogen) atoms. The number of aromatic hydroxyl groups is 1. The number of aliphatic imine (C=N–C) groups is 1. The van der Waals surface area contributed by atoms with E-state index in [0.29, 0.717) is 16.7 Å². The van der Waals surface area contributed by atoms with E-state index in [1.807, 2.05) is 6.07 Å². The summed E-state index contributed by atoms with van der Waals surface area (Å²) in [5.74, 6) is 0.464. The van der Waals surface area contributed by atoms with Gasteiger partial charge in [0.2, 0.25) is 5.96 Å². The monoisotopic (exact) mass is 398 g/mol. The Labute approximate surface area is 165 Å². The maximum atomic E-state index is 10.2. The van der Waals surface area contributed by atoms with Gasteiger partial charge in [-0.3, -0.25) is 5.32 Å². The highest BCUT2D eigenvalue weighted by Crippen LogP contribution is 2.43. The molecule has 11 heteroatoms. The van der Waals surface area contributed by atoms with Crippen molar-refractivity contribution in [1.29, 1.82) is 10.5 Å². The quantitative estimate of drug-likeness (QED) is 0.291. The summed E-state index contributed by atoms with van der Waals surface area (Å²) in [6.45, 7) is 0. The zero-order chi connectivity index (χ0) is 20.4. The van der Waals surface area contributed by atoms with Crippen LogP contribution < -0.4 is 26.8 Å². The SMILES string of the molecule is COc1cc(C2N=C(NC#N)Nc3nc(N)c(C#N)c(N)c32)cc(CCl)c1O. The topological polar surface area (TPSA) is 178 Å². The Bertz CT molecular complexity index is 1050. The number of alkyl halides is 1. The van der Waals surface area contributed by atoms with Crippen molar-refractivity contribution >= 4 is 34.9 Å². The van der Waals surface area contributed by atoms with E-state index in [-0.39, 0.29) is 46.2 Å². The molecule has 142 valence electrons. The number of anilines is 3. The lowest BCUT2D eigenvalue weighted by Crippen LogP contribution is -2.32. The van der Waals surface area contributed by atoms with E-state index in [9.17, 15) is 10.4 Å². The Morgan fingerprint density at radius 1 is 1.39 bits per heavy atom. The number of halogens is 1. The molecule has 1 aromatic carbocycles. The van der Waals surface area contributed by atoms with Crippen LogP contribution in [0.15, 0.2) is 17.1 Å². The lowest BCUT2D eigenvalue weighted by molar-refractivity contribution is 0.370. The van der Waals surface area contributed by atoms with Crippen molar-refractivity contribution < 1.29 is 9.84 Å². The zero-order valence-electron chi connectivity index (χ0n) is 14.6. The van der Waals surface area contributed by atoms with Gasteiger partial charge in [-0.25, -0.2) is 9.98 Å². The van der Waals surface area contributed by atoms with Gasteiger partial charge in [-0.15, -0.1) is 11.6 Å². The van der Waals surface area contributed by atoms with E-state index in [0.717, 1.165) is 0 Å². The largest absolute Gasteiger partial charge is 0.504 e. The molecule has 1 aliphatic heterocycles. The van der Waals surface area contributed by atoms with Crippen LogP contribution in [0.3, 0.4) is 0 Å². The maximum absolute atomic E-state index is 10.2. The van der Waals surface area contributed by atoms with Crippen LogP contribution in [0.1, 0.15) is 28.3 Å². The molecule has 0 spiro atoms. The lowest BCUT2D eigenvalue weighted by atomic mass is 9.93. The molecule has 1 aromatic heterocycles. The predicted octanol–water partition coefficient (Wildman–Crippen LogP) is 1.51. The molecule has 0 aliphatic carbocycles. The first kappa shape index (κ1) is 18.9. The number of hydrogen-bond donors (Lipinski definition) is 5. The molecule has 7 N–H and O–H groups in total. The molecule has 2 aromatic rings. The number of ether oxygens (including phenoxy) is 1. The third kappa shape index (κ3) is 3.02. The molecule has 0 fully saturated rings. The lowest BCUT2D eigenvalue weighted by Gasteiger charge is -2.26. The van der Waals surface area contributed by atoms with Gasteiger partial charge in [-0.2, -0.15) is 10.5 Å². The second-order valence-electron chi connectivity index (χ2n) is 5.77. The van der Waals surface area contributed by atoms with E-state index in [2.05, 4.69) is 20.6 Å². The fourth-order valence-electron chi connectivity index (χ4n) is 2.93. The van der Waals surface area contributed by atoms with Crippen LogP contribution >= 0.6 is 11.6 Å². The molecule has 1 aliphatic rings. The fourth-order valence-corrected chi connectivity index (χ4v) is 3.13. The molecular formula is C17H15ClN8O2. The van der Waals surface area contributed by atoms with Crippen LogP contribution in [0.5, 0.6) is 11.5 Å². The summed E-state index contributed by atoms with van der Waals surface area (Å²) in [6, 6.07) is 4.38. The number of pyridine rings is 1. The summed E-state index contributed by atoms with van der Waals surface area (Å²) in [4.78, 5) is 8.63. The molecule has 1 unspecified atom stereocenters. The number of methoxy groups -OCH3 is 1. The number of nitrogens with one attached hydrogen (secondary N) is 2. The Morgan fingerprint density at radius 3 is 2.75 bits per heavy atom. The number of rotatable bonds is 3. The van der Waals surface area contributed by atoms with Crippen molar-refractivity contribution in [1.82, 2.24) is 10.3 Å². The number of nitrogens with two attached hydrogens (primary N) is 2. The van der Waals surface area contributed by atoms with Crippen LogP contribution in [-0.2, 0) is 5.88 Å². The molecule has 0 saturated heterocycles. The summed E-state index contributed by atoms with van der Waals surface area (Å²) in [5, 5.41) is 33.8. The Balaban J connectivity index is 2.29. The summed E-state index contributed by atoms with van der Waals surface area (Å²) in [7, 11) is 1.41. The number of nitriles is 2. The van der Waals surface area contributed by atoms with Gasteiger partial charge < -0.3 is 26.6 Å². The minimum atomic E-state index is -0.760. The van der Waals surface area contributed by atoms with Crippen molar-refractivity contribution in [3.05, 3.63) is 34.4 Å². The summed E-state index contributed by atoms with van der Waals surface area (Å²) in [6.07, 6.45) is 1.77.